The summed E-state index contributed by atoms with van der Waals surface area (Å²) in [4.78, 5) is 6.81. The van der Waals surface area contributed by atoms with E-state index in [1.807, 2.05) is 6.07 Å². The quantitative estimate of drug-likeness (QED) is 0.869. The third-order valence-electron chi connectivity index (χ3n) is 4.23. The Morgan fingerprint density at radius 2 is 2.33 bits per heavy atom. The summed E-state index contributed by atoms with van der Waals surface area (Å²) in [5, 5.41) is 3.69. The number of piperidine rings is 1. The third-order valence-corrected chi connectivity index (χ3v) is 4.23. The van der Waals surface area contributed by atoms with Crippen molar-refractivity contribution in [3.05, 3.63) is 23.9 Å². The van der Waals surface area contributed by atoms with E-state index in [-0.39, 0.29) is 0 Å². The molecule has 0 saturated carbocycles. The van der Waals surface area contributed by atoms with E-state index >= 15 is 0 Å². The number of nitrogens with one attached hydrogen (secondary N) is 1. The summed E-state index contributed by atoms with van der Waals surface area (Å²) in [6, 6.07) is 4.72. The number of ether oxygens (including phenoxy) is 1. The van der Waals surface area contributed by atoms with Crippen LogP contribution in [0.2, 0.25) is 0 Å². The molecule has 1 N–H and O–H groups in total. The first-order chi connectivity index (χ1) is 8.86. The number of fused-ring (bicyclic) bond motifs is 2. The van der Waals surface area contributed by atoms with Gasteiger partial charge >= 0.3 is 0 Å². The van der Waals surface area contributed by atoms with E-state index in [1.54, 1.807) is 13.3 Å². The van der Waals surface area contributed by atoms with Crippen LogP contribution in [0.15, 0.2) is 18.3 Å². The van der Waals surface area contributed by atoms with Crippen molar-refractivity contribution in [1.82, 2.24) is 15.2 Å². The summed E-state index contributed by atoms with van der Waals surface area (Å²) in [5.74, 6) is 1.58. The van der Waals surface area contributed by atoms with E-state index in [0.29, 0.717) is 6.04 Å². The maximum atomic E-state index is 5.29. The minimum atomic E-state index is 0.661. The number of nitrogens with zero attached hydrogens (tertiary/aromatic N) is 2. The number of aromatic nitrogens is 1. The molecular weight excluding hydrogens is 226 g/mol. The van der Waals surface area contributed by atoms with E-state index < -0.39 is 0 Å². The minimum absolute atomic E-state index is 0.661. The Morgan fingerprint density at radius 3 is 3.22 bits per heavy atom. The van der Waals surface area contributed by atoms with Gasteiger partial charge in [-0.2, -0.15) is 0 Å². The average molecular weight is 247 g/mol. The van der Waals surface area contributed by atoms with Crippen LogP contribution in [0.5, 0.6) is 5.88 Å². The van der Waals surface area contributed by atoms with Crippen LogP contribution in [0.4, 0.5) is 0 Å². The Kier molecular flexibility index (Phi) is 3.48. The van der Waals surface area contributed by atoms with Gasteiger partial charge in [-0.1, -0.05) is 6.07 Å². The van der Waals surface area contributed by atoms with Gasteiger partial charge in [0, 0.05) is 30.9 Å². The van der Waals surface area contributed by atoms with Gasteiger partial charge in [0.05, 0.1) is 7.11 Å². The molecule has 3 rings (SSSR count). The summed E-state index contributed by atoms with van der Waals surface area (Å²) in [6.45, 7) is 4.68. The lowest BCUT2D eigenvalue weighted by molar-refractivity contribution is 0.220. The van der Waals surface area contributed by atoms with Crippen LogP contribution in [-0.4, -0.2) is 42.7 Å². The molecule has 0 amide bonds. The van der Waals surface area contributed by atoms with E-state index in [2.05, 4.69) is 21.3 Å². The van der Waals surface area contributed by atoms with Crippen molar-refractivity contribution < 1.29 is 4.74 Å². The van der Waals surface area contributed by atoms with E-state index in [1.165, 1.54) is 32.5 Å². The van der Waals surface area contributed by atoms with Crippen LogP contribution in [0.1, 0.15) is 18.4 Å². The molecule has 4 nitrogen and oxygen atoms in total. The average Bonchev–Trinajstić information content (AvgIpc) is 2.81. The zero-order valence-corrected chi connectivity index (χ0v) is 10.9. The highest BCUT2D eigenvalue weighted by Crippen LogP contribution is 2.27. The summed E-state index contributed by atoms with van der Waals surface area (Å²) < 4.78 is 5.29. The SMILES string of the molecule is COc1ncccc1CNC1CCN2CCC1C2. The fourth-order valence-electron chi connectivity index (χ4n) is 3.20. The van der Waals surface area contributed by atoms with E-state index in [9.17, 15) is 0 Å². The van der Waals surface area contributed by atoms with Gasteiger partial charge in [0.1, 0.15) is 0 Å². The van der Waals surface area contributed by atoms with Crippen LogP contribution in [0.3, 0.4) is 0 Å². The van der Waals surface area contributed by atoms with Crippen molar-refractivity contribution in [1.29, 1.82) is 0 Å². The number of methoxy groups -OCH3 is 1. The smallest absolute Gasteiger partial charge is 0.217 e. The van der Waals surface area contributed by atoms with Crippen molar-refractivity contribution in [2.24, 2.45) is 5.92 Å². The molecule has 1 aromatic rings. The molecule has 1 aromatic heterocycles. The first-order valence-corrected chi connectivity index (χ1v) is 6.80. The molecule has 2 saturated heterocycles. The predicted molar refractivity (Wildman–Crippen MR) is 70.6 cm³/mol. The molecule has 2 fully saturated rings. The second kappa shape index (κ2) is 5.24. The first kappa shape index (κ1) is 11.9. The van der Waals surface area contributed by atoms with Crippen LogP contribution >= 0.6 is 0 Å². The Bertz CT molecular complexity index is 410. The second-order valence-corrected chi connectivity index (χ2v) is 5.30. The molecule has 3 unspecified atom stereocenters. The third kappa shape index (κ3) is 2.35. The van der Waals surface area contributed by atoms with Gasteiger partial charge in [-0.15, -0.1) is 0 Å². The Hall–Kier alpha value is -1.13. The number of hydrogen-bond donors (Lipinski definition) is 1. The predicted octanol–water partition coefficient (Wildman–Crippen LogP) is 1.27. The molecule has 2 bridgehead atoms. The molecule has 2 aliphatic rings. The van der Waals surface area contributed by atoms with Crippen LogP contribution < -0.4 is 10.1 Å². The Balaban J connectivity index is 1.60. The molecule has 4 heteroatoms. The van der Waals surface area contributed by atoms with Gasteiger partial charge in [-0.05, 0) is 37.9 Å². The fraction of sp³-hybridized carbons (Fsp3) is 0.643. The summed E-state index contributed by atoms with van der Waals surface area (Å²) in [6.07, 6.45) is 4.40. The molecule has 3 atom stereocenters. The Morgan fingerprint density at radius 1 is 1.44 bits per heavy atom. The van der Waals surface area contributed by atoms with Crippen molar-refractivity contribution >= 4 is 0 Å². The van der Waals surface area contributed by atoms with Gasteiger partial charge in [-0.25, -0.2) is 4.98 Å². The zero-order chi connectivity index (χ0) is 12.4. The number of rotatable bonds is 4. The monoisotopic (exact) mass is 247 g/mol. The summed E-state index contributed by atoms with van der Waals surface area (Å²) in [5.41, 5.74) is 1.15. The van der Waals surface area contributed by atoms with E-state index in [0.717, 1.165) is 23.9 Å². The van der Waals surface area contributed by atoms with Crippen LogP contribution in [-0.2, 0) is 6.54 Å². The lowest BCUT2D eigenvalue weighted by Gasteiger charge is -2.31. The standard InChI is InChI=1S/C14H21N3O/c1-18-14-11(3-2-6-15-14)9-16-13-5-8-17-7-4-12(13)10-17/h2-3,6,12-13,16H,4-5,7-10H2,1H3. The zero-order valence-electron chi connectivity index (χ0n) is 10.9. The highest BCUT2D eigenvalue weighted by atomic mass is 16.5. The highest BCUT2D eigenvalue weighted by molar-refractivity contribution is 5.25. The largest absolute Gasteiger partial charge is 0.481 e. The summed E-state index contributed by atoms with van der Waals surface area (Å²) in [7, 11) is 1.68. The van der Waals surface area contributed by atoms with Crippen molar-refractivity contribution in [3.8, 4) is 5.88 Å². The van der Waals surface area contributed by atoms with Gasteiger partial charge < -0.3 is 15.0 Å². The molecule has 98 valence electrons. The topological polar surface area (TPSA) is 37.4 Å². The maximum absolute atomic E-state index is 5.29. The van der Waals surface area contributed by atoms with Crippen LogP contribution in [0, 0.1) is 5.92 Å². The highest BCUT2D eigenvalue weighted by Gasteiger charge is 2.33. The lowest BCUT2D eigenvalue weighted by Crippen LogP contribution is -2.43. The fourth-order valence-corrected chi connectivity index (χ4v) is 3.20. The first-order valence-electron chi connectivity index (χ1n) is 6.80. The number of pyridine rings is 1. The molecule has 2 aliphatic heterocycles. The van der Waals surface area contributed by atoms with Gasteiger partial charge in [0.2, 0.25) is 5.88 Å². The molecule has 3 heterocycles. The van der Waals surface area contributed by atoms with Crippen molar-refractivity contribution in [2.45, 2.75) is 25.4 Å². The maximum Gasteiger partial charge on any atom is 0.217 e. The number of hydrogen-bond acceptors (Lipinski definition) is 4. The molecule has 0 aromatic carbocycles. The van der Waals surface area contributed by atoms with Crippen molar-refractivity contribution in [2.75, 3.05) is 26.7 Å². The Labute approximate surface area is 108 Å². The van der Waals surface area contributed by atoms with Gasteiger partial charge in [-0.3, -0.25) is 0 Å². The normalized spacial score (nSPS) is 30.4. The summed E-state index contributed by atoms with van der Waals surface area (Å²) >= 11 is 0. The molecule has 0 radical (unpaired) electrons. The minimum Gasteiger partial charge on any atom is -0.481 e. The molecular formula is C14H21N3O. The second-order valence-electron chi connectivity index (χ2n) is 5.30. The van der Waals surface area contributed by atoms with E-state index in [4.69, 9.17) is 4.74 Å². The van der Waals surface area contributed by atoms with Crippen LogP contribution in [0.25, 0.3) is 0 Å². The van der Waals surface area contributed by atoms with Gasteiger partial charge in [0.15, 0.2) is 0 Å². The molecule has 18 heavy (non-hydrogen) atoms. The molecule has 0 aliphatic carbocycles. The lowest BCUT2D eigenvalue weighted by atomic mass is 9.94. The van der Waals surface area contributed by atoms with Gasteiger partial charge in [0.25, 0.3) is 0 Å². The molecule has 0 spiro atoms. The van der Waals surface area contributed by atoms with Crippen molar-refractivity contribution in [3.63, 3.8) is 0 Å².